The highest BCUT2D eigenvalue weighted by atomic mass is 35.5. The molecular formula is C25H24Cl2N4O3. The van der Waals surface area contributed by atoms with Gasteiger partial charge in [-0.15, -0.1) is 0 Å². The zero-order valence-corrected chi connectivity index (χ0v) is 20.3. The van der Waals surface area contributed by atoms with Crippen LogP contribution in [0.5, 0.6) is 5.75 Å². The van der Waals surface area contributed by atoms with Crippen molar-refractivity contribution in [1.29, 1.82) is 0 Å². The Labute approximate surface area is 207 Å². The second kappa shape index (κ2) is 10.9. The summed E-state index contributed by atoms with van der Waals surface area (Å²) >= 11 is 12.3. The zero-order chi connectivity index (χ0) is 24.1. The van der Waals surface area contributed by atoms with Crippen molar-refractivity contribution < 1.29 is 14.3 Å². The van der Waals surface area contributed by atoms with Gasteiger partial charge in [-0.25, -0.2) is 4.98 Å². The van der Waals surface area contributed by atoms with Crippen LogP contribution in [0.3, 0.4) is 0 Å². The Morgan fingerprint density at radius 1 is 1.09 bits per heavy atom. The lowest BCUT2D eigenvalue weighted by Gasteiger charge is -2.14. The molecule has 4 aromatic rings. The fraction of sp³-hybridized carbons (Fsp3) is 0.240. The van der Waals surface area contributed by atoms with Crippen molar-refractivity contribution >= 4 is 45.8 Å². The van der Waals surface area contributed by atoms with E-state index in [9.17, 15) is 4.79 Å². The number of rotatable bonds is 9. The number of aromatic nitrogens is 3. The van der Waals surface area contributed by atoms with Crippen molar-refractivity contribution in [2.45, 2.75) is 18.8 Å². The van der Waals surface area contributed by atoms with E-state index in [-0.39, 0.29) is 28.3 Å². The van der Waals surface area contributed by atoms with Crippen LogP contribution in [0.25, 0.3) is 11.0 Å². The highest BCUT2D eigenvalue weighted by Crippen LogP contribution is 2.33. The minimum Gasteiger partial charge on any atom is -0.494 e. The number of H-pyrrole nitrogens is 1. The lowest BCUT2D eigenvalue weighted by atomic mass is 9.95. The Kier molecular flexibility index (Phi) is 7.67. The molecular weight excluding hydrogens is 475 g/mol. The van der Waals surface area contributed by atoms with Crippen molar-refractivity contribution in [2.75, 3.05) is 26.1 Å². The van der Waals surface area contributed by atoms with E-state index in [4.69, 9.17) is 37.7 Å². The highest BCUT2D eigenvalue weighted by molar-refractivity contribution is 6.39. The van der Waals surface area contributed by atoms with Crippen LogP contribution in [-0.4, -0.2) is 41.7 Å². The number of methoxy groups -OCH3 is 2. The van der Waals surface area contributed by atoms with Crippen LogP contribution < -0.4 is 10.1 Å². The minimum absolute atomic E-state index is 0.00522. The molecule has 0 fully saturated rings. The molecule has 0 spiro atoms. The lowest BCUT2D eigenvalue weighted by Crippen LogP contribution is -2.15. The number of ether oxygens (including phenoxy) is 2. The van der Waals surface area contributed by atoms with Gasteiger partial charge in [-0.2, -0.15) is 0 Å². The standard InChI is InChI=1S/C25H24Cl2N4O3/c1-33-11-10-17(15-6-4-3-5-7-15)25-30-22-16(8-9-20(34-2)24(22)31-25)12-21(32)29-23-18(26)13-28-14-19(23)27/h3-9,13-14,17H,10-12H2,1-2H3,(H,30,31)(H,28,29,32)/t17-/m0/s1. The number of hydrogen-bond acceptors (Lipinski definition) is 5. The number of imidazole rings is 1. The van der Waals surface area contributed by atoms with E-state index >= 15 is 0 Å². The molecule has 2 heterocycles. The fourth-order valence-electron chi connectivity index (χ4n) is 3.89. The Morgan fingerprint density at radius 2 is 1.82 bits per heavy atom. The van der Waals surface area contributed by atoms with Gasteiger partial charge in [-0.1, -0.05) is 59.6 Å². The minimum atomic E-state index is -0.273. The Bertz CT molecular complexity index is 1270. The van der Waals surface area contributed by atoms with Crippen LogP contribution in [0.15, 0.2) is 54.9 Å². The number of carbonyl (C=O) groups excluding carboxylic acids is 1. The van der Waals surface area contributed by atoms with Gasteiger partial charge in [-0.05, 0) is 23.6 Å². The molecule has 0 saturated heterocycles. The van der Waals surface area contributed by atoms with Crippen LogP contribution in [-0.2, 0) is 16.0 Å². The third kappa shape index (κ3) is 5.17. The van der Waals surface area contributed by atoms with E-state index in [1.54, 1.807) is 14.2 Å². The summed E-state index contributed by atoms with van der Waals surface area (Å²) in [6, 6.07) is 13.8. The number of nitrogens with zero attached hydrogens (tertiary/aromatic N) is 2. The number of amides is 1. The van der Waals surface area contributed by atoms with Gasteiger partial charge in [0.25, 0.3) is 0 Å². The van der Waals surface area contributed by atoms with E-state index in [0.29, 0.717) is 23.6 Å². The summed E-state index contributed by atoms with van der Waals surface area (Å²) < 4.78 is 10.9. The first-order chi connectivity index (χ1) is 16.5. The maximum absolute atomic E-state index is 12.9. The molecule has 176 valence electrons. The maximum atomic E-state index is 12.9. The van der Waals surface area contributed by atoms with Crippen LogP contribution in [0.4, 0.5) is 5.69 Å². The summed E-state index contributed by atoms with van der Waals surface area (Å²) in [4.78, 5) is 25.1. The predicted octanol–water partition coefficient (Wildman–Crippen LogP) is 5.62. The average Bonchev–Trinajstić information content (AvgIpc) is 3.28. The van der Waals surface area contributed by atoms with Crippen molar-refractivity contribution in [3.05, 3.63) is 81.9 Å². The predicted molar refractivity (Wildman–Crippen MR) is 134 cm³/mol. The topological polar surface area (TPSA) is 89.1 Å². The molecule has 34 heavy (non-hydrogen) atoms. The number of halogens is 2. The summed E-state index contributed by atoms with van der Waals surface area (Å²) in [5.41, 5.74) is 3.62. The largest absolute Gasteiger partial charge is 0.494 e. The Balaban J connectivity index is 1.69. The van der Waals surface area contributed by atoms with Crippen LogP contribution >= 0.6 is 23.2 Å². The fourth-order valence-corrected chi connectivity index (χ4v) is 4.35. The van der Waals surface area contributed by atoms with Gasteiger partial charge in [0.1, 0.15) is 17.1 Å². The van der Waals surface area contributed by atoms with Crippen LogP contribution in [0, 0.1) is 0 Å². The number of benzene rings is 2. The first kappa shape index (κ1) is 24.0. The molecule has 2 aromatic heterocycles. The first-order valence-electron chi connectivity index (χ1n) is 10.7. The maximum Gasteiger partial charge on any atom is 0.228 e. The van der Waals surface area contributed by atoms with E-state index in [1.807, 2.05) is 30.3 Å². The Morgan fingerprint density at radius 3 is 2.50 bits per heavy atom. The van der Waals surface area contributed by atoms with Gasteiger partial charge >= 0.3 is 0 Å². The van der Waals surface area contributed by atoms with Crippen molar-refractivity contribution in [1.82, 2.24) is 15.0 Å². The number of nitrogens with one attached hydrogen (secondary N) is 2. The molecule has 0 aliphatic rings. The van der Waals surface area contributed by atoms with Crippen molar-refractivity contribution in [3.8, 4) is 5.75 Å². The number of anilines is 1. The quantitative estimate of drug-likeness (QED) is 0.312. The molecule has 0 radical (unpaired) electrons. The zero-order valence-electron chi connectivity index (χ0n) is 18.8. The molecule has 0 bridgehead atoms. The normalized spacial score (nSPS) is 12.0. The van der Waals surface area contributed by atoms with Gasteiger partial charge in [0, 0.05) is 32.0 Å². The molecule has 4 rings (SSSR count). The first-order valence-corrected chi connectivity index (χ1v) is 11.5. The van der Waals surface area contributed by atoms with E-state index in [0.717, 1.165) is 28.9 Å². The van der Waals surface area contributed by atoms with E-state index < -0.39 is 0 Å². The van der Waals surface area contributed by atoms with Crippen LogP contribution in [0.2, 0.25) is 10.0 Å². The second-order valence-electron chi connectivity index (χ2n) is 7.72. The molecule has 0 aliphatic heterocycles. The average molecular weight is 499 g/mol. The molecule has 0 saturated carbocycles. The molecule has 0 unspecified atom stereocenters. The molecule has 0 aliphatic carbocycles. The van der Waals surface area contributed by atoms with Gasteiger partial charge in [0.15, 0.2) is 0 Å². The third-order valence-electron chi connectivity index (χ3n) is 5.54. The SMILES string of the molecule is COCC[C@@H](c1ccccc1)c1nc2c(CC(=O)Nc3c(Cl)cncc3Cl)ccc(OC)c2[nH]1. The molecule has 7 nitrogen and oxygen atoms in total. The number of pyridine rings is 1. The molecule has 2 N–H and O–H groups in total. The molecule has 1 atom stereocenters. The monoisotopic (exact) mass is 498 g/mol. The number of fused-ring (bicyclic) bond motifs is 1. The highest BCUT2D eigenvalue weighted by Gasteiger charge is 2.22. The molecule has 2 aromatic carbocycles. The smallest absolute Gasteiger partial charge is 0.228 e. The number of carbonyl (C=O) groups is 1. The number of hydrogen-bond donors (Lipinski definition) is 2. The summed E-state index contributed by atoms with van der Waals surface area (Å²) in [5.74, 6) is 1.15. The molecule has 1 amide bonds. The van der Waals surface area contributed by atoms with Gasteiger partial charge in [-0.3, -0.25) is 9.78 Å². The molecule has 9 heteroatoms. The van der Waals surface area contributed by atoms with Gasteiger partial charge in [0.2, 0.25) is 5.91 Å². The Hall–Kier alpha value is -3.13. The van der Waals surface area contributed by atoms with Crippen LogP contribution in [0.1, 0.15) is 29.3 Å². The summed E-state index contributed by atoms with van der Waals surface area (Å²) in [6.45, 7) is 0.580. The van der Waals surface area contributed by atoms with Crippen molar-refractivity contribution in [2.24, 2.45) is 0 Å². The summed E-state index contributed by atoms with van der Waals surface area (Å²) in [7, 11) is 3.29. The van der Waals surface area contributed by atoms with E-state index in [2.05, 4.69) is 27.4 Å². The number of aromatic amines is 1. The second-order valence-corrected chi connectivity index (χ2v) is 8.53. The van der Waals surface area contributed by atoms with E-state index in [1.165, 1.54) is 12.4 Å². The van der Waals surface area contributed by atoms with Crippen molar-refractivity contribution in [3.63, 3.8) is 0 Å². The lowest BCUT2D eigenvalue weighted by molar-refractivity contribution is -0.115. The third-order valence-corrected chi connectivity index (χ3v) is 6.11. The summed E-state index contributed by atoms with van der Waals surface area (Å²) in [5, 5.41) is 3.32. The van der Waals surface area contributed by atoms with Gasteiger partial charge in [0.05, 0.1) is 34.8 Å². The van der Waals surface area contributed by atoms with Gasteiger partial charge < -0.3 is 19.8 Å². The summed E-state index contributed by atoms with van der Waals surface area (Å²) in [6.07, 6.45) is 3.68.